The second-order valence-electron chi connectivity index (χ2n) is 6.68. The first kappa shape index (κ1) is 24.9. The Morgan fingerprint density at radius 3 is 2.23 bits per heavy atom. The summed E-state index contributed by atoms with van der Waals surface area (Å²) in [6.07, 6.45) is 1.30. The molecule has 2 amide bonds. The maximum atomic E-state index is 13.2. The molecule has 8 heteroatoms. The molecule has 1 atom stereocenters. The topological polar surface area (TPSA) is 49.4 Å². The highest BCUT2D eigenvalue weighted by Crippen LogP contribution is 2.28. The lowest BCUT2D eigenvalue weighted by atomic mass is 10.1. The molecular weight excluding hydrogens is 463 g/mol. The Kier molecular flexibility index (Phi) is 10.3. The summed E-state index contributed by atoms with van der Waals surface area (Å²) in [4.78, 5) is 28.5. The molecule has 0 aliphatic heterocycles. The van der Waals surface area contributed by atoms with Gasteiger partial charge in [-0.25, -0.2) is 0 Å². The number of nitrogens with zero attached hydrogens (tertiary/aromatic N) is 1. The van der Waals surface area contributed by atoms with Crippen molar-refractivity contribution in [2.45, 2.75) is 44.2 Å². The third-order valence-corrected chi connectivity index (χ3v) is 6.46. The van der Waals surface area contributed by atoms with E-state index in [2.05, 4.69) is 5.32 Å². The molecule has 2 aromatic carbocycles. The van der Waals surface area contributed by atoms with Crippen LogP contribution in [0.4, 0.5) is 0 Å². The average Bonchev–Trinajstić information content (AvgIpc) is 2.73. The maximum Gasteiger partial charge on any atom is 0.242 e. The lowest BCUT2D eigenvalue weighted by molar-refractivity contribution is -0.139. The Labute approximate surface area is 197 Å². The summed E-state index contributed by atoms with van der Waals surface area (Å²) < 4.78 is 0. The Morgan fingerprint density at radius 2 is 1.67 bits per heavy atom. The van der Waals surface area contributed by atoms with Gasteiger partial charge >= 0.3 is 0 Å². The minimum atomic E-state index is -0.609. The molecule has 0 unspecified atom stereocenters. The van der Waals surface area contributed by atoms with E-state index in [4.69, 9.17) is 34.8 Å². The van der Waals surface area contributed by atoms with Crippen molar-refractivity contribution in [3.63, 3.8) is 0 Å². The molecule has 0 bridgehead atoms. The molecule has 0 aromatic heterocycles. The van der Waals surface area contributed by atoms with Crippen molar-refractivity contribution < 1.29 is 9.59 Å². The molecule has 2 rings (SSSR count). The highest BCUT2D eigenvalue weighted by molar-refractivity contribution is 8.00. The molecular formula is C22H25Cl3N2O2S. The van der Waals surface area contributed by atoms with Gasteiger partial charge < -0.3 is 10.2 Å². The van der Waals surface area contributed by atoms with E-state index in [9.17, 15) is 9.59 Å². The van der Waals surface area contributed by atoms with Gasteiger partial charge in [0.1, 0.15) is 6.04 Å². The summed E-state index contributed by atoms with van der Waals surface area (Å²) in [5.41, 5.74) is 0.632. The van der Waals surface area contributed by atoms with E-state index in [1.165, 1.54) is 11.8 Å². The zero-order valence-electron chi connectivity index (χ0n) is 17.0. The number of carbonyl (C=O) groups excluding carboxylic acids is 2. The van der Waals surface area contributed by atoms with Gasteiger partial charge in [0.25, 0.3) is 0 Å². The first-order chi connectivity index (χ1) is 14.4. The highest BCUT2D eigenvalue weighted by Gasteiger charge is 2.29. The molecule has 162 valence electrons. The van der Waals surface area contributed by atoms with E-state index >= 15 is 0 Å². The van der Waals surface area contributed by atoms with Gasteiger partial charge in [0.15, 0.2) is 0 Å². The molecule has 0 saturated heterocycles. The number of nitrogens with one attached hydrogen (secondary N) is 1. The van der Waals surface area contributed by atoms with Gasteiger partial charge in [-0.1, -0.05) is 54.7 Å². The quantitative estimate of drug-likeness (QED) is 0.414. The van der Waals surface area contributed by atoms with Crippen LogP contribution in [0.15, 0.2) is 47.4 Å². The molecule has 4 nitrogen and oxygen atoms in total. The molecule has 1 N–H and O–H groups in total. The molecule has 0 aliphatic carbocycles. The zero-order chi connectivity index (χ0) is 22.1. The van der Waals surface area contributed by atoms with Crippen LogP contribution in [-0.2, 0) is 16.1 Å². The van der Waals surface area contributed by atoms with Crippen LogP contribution < -0.4 is 5.32 Å². The lowest BCUT2D eigenvalue weighted by Gasteiger charge is -2.31. The molecule has 2 aromatic rings. The van der Waals surface area contributed by atoms with Gasteiger partial charge in [-0.05, 0) is 49.2 Å². The SMILES string of the molecule is CCCNC(=O)[C@H](CC)N(Cc1c(Cl)cccc1Cl)C(=O)CSc1ccc(Cl)cc1. The summed E-state index contributed by atoms with van der Waals surface area (Å²) in [7, 11) is 0. The Balaban J connectivity index is 2.25. The van der Waals surface area contributed by atoms with Crippen LogP contribution >= 0.6 is 46.6 Å². The van der Waals surface area contributed by atoms with E-state index in [0.717, 1.165) is 11.3 Å². The van der Waals surface area contributed by atoms with Gasteiger partial charge in [-0.2, -0.15) is 0 Å². The van der Waals surface area contributed by atoms with Crippen LogP contribution in [0.3, 0.4) is 0 Å². The van der Waals surface area contributed by atoms with Crippen LogP contribution in [-0.4, -0.2) is 35.1 Å². The fourth-order valence-corrected chi connectivity index (χ4v) is 4.33. The van der Waals surface area contributed by atoms with Crippen LogP contribution in [0, 0.1) is 0 Å². The van der Waals surface area contributed by atoms with E-state index in [1.54, 1.807) is 35.2 Å². The third-order valence-electron chi connectivity index (χ3n) is 4.50. The largest absolute Gasteiger partial charge is 0.354 e. The number of carbonyl (C=O) groups is 2. The van der Waals surface area contributed by atoms with Gasteiger partial charge in [0.2, 0.25) is 11.8 Å². The van der Waals surface area contributed by atoms with Crippen molar-refractivity contribution in [1.82, 2.24) is 10.2 Å². The van der Waals surface area contributed by atoms with E-state index in [1.807, 2.05) is 26.0 Å². The fraction of sp³-hybridized carbons (Fsp3) is 0.364. The molecule has 0 aliphatic rings. The molecule has 0 spiro atoms. The monoisotopic (exact) mass is 486 g/mol. The van der Waals surface area contributed by atoms with Crippen LogP contribution in [0.1, 0.15) is 32.3 Å². The summed E-state index contributed by atoms with van der Waals surface area (Å²) in [5, 5.41) is 4.47. The average molecular weight is 488 g/mol. The number of thioether (sulfide) groups is 1. The number of halogens is 3. The van der Waals surface area contributed by atoms with Crippen molar-refractivity contribution in [3.8, 4) is 0 Å². The van der Waals surface area contributed by atoms with Gasteiger partial charge in [0, 0.05) is 38.6 Å². The Hall–Kier alpha value is -1.40. The normalized spacial score (nSPS) is 11.8. The van der Waals surface area contributed by atoms with Crippen molar-refractivity contribution in [2.75, 3.05) is 12.3 Å². The minimum Gasteiger partial charge on any atom is -0.354 e. The van der Waals surface area contributed by atoms with Gasteiger partial charge in [-0.15, -0.1) is 11.8 Å². The first-order valence-corrected chi connectivity index (χ1v) is 11.9. The summed E-state index contributed by atoms with van der Waals surface area (Å²) in [6.45, 7) is 4.59. The smallest absolute Gasteiger partial charge is 0.242 e. The van der Waals surface area contributed by atoms with Crippen LogP contribution in [0.5, 0.6) is 0 Å². The summed E-state index contributed by atoms with van der Waals surface area (Å²) >= 11 is 20.0. The van der Waals surface area contributed by atoms with Crippen molar-refractivity contribution in [3.05, 3.63) is 63.1 Å². The highest BCUT2D eigenvalue weighted by atomic mass is 35.5. The van der Waals surface area contributed by atoms with Gasteiger partial charge in [-0.3, -0.25) is 9.59 Å². The maximum absolute atomic E-state index is 13.2. The third kappa shape index (κ3) is 7.09. The Bertz CT molecular complexity index is 842. The number of hydrogen-bond donors (Lipinski definition) is 1. The van der Waals surface area contributed by atoms with Crippen LogP contribution in [0.25, 0.3) is 0 Å². The van der Waals surface area contributed by atoms with E-state index < -0.39 is 6.04 Å². The second-order valence-corrected chi connectivity index (χ2v) is 8.98. The Morgan fingerprint density at radius 1 is 1.03 bits per heavy atom. The second kappa shape index (κ2) is 12.5. The fourth-order valence-electron chi connectivity index (χ4n) is 2.90. The minimum absolute atomic E-state index is 0.163. The van der Waals surface area contributed by atoms with Crippen molar-refractivity contribution in [1.29, 1.82) is 0 Å². The van der Waals surface area contributed by atoms with E-state index in [0.29, 0.717) is 33.6 Å². The molecule has 0 saturated carbocycles. The number of benzene rings is 2. The number of hydrogen-bond acceptors (Lipinski definition) is 3. The molecule has 0 heterocycles. The van der Waals surface area contributed by atoms with Gasteiger partial charge in [0.05, 0.1) is 5.75 Å². The lowest BCUT2D eigenvalue weighted by Crippen LogP contribution is -2.49. The molecule has 30 heavy (non-hydrogen) atoms. The standard InChI is InChI=1S/C22H25Cl3N2O2S/c1-3-12-26-22(29)20(4-2)27(13-17-18(24)6-5-7-19(17)25)21(28)14-30-16-10-8-15(23)9-11-16/h5-11,20H,3-4,12-14H2,1-2H3,(H,26,29)/t20-/m0/s1. The molecule has 0 fully saturated rings. The first-order valence-electron chi connectivity index (χ1n) is 9.75. The van der Waals surface area contributed by atoms with Crippen molar-refractivity contribution >= 4 is 58.4 Å². The zero-order valence-corrected chi connectivity index (χ0v) is 20.0. The number of amides is 2. The van der Waals surface area contributed by atoms with Crippen molar-refractivity contribution in [2.24, 2.45) is 0 Å². The molecule has 0 radical (unpaired) electrons. The van der Waals surface area contributed by atoms with E-state index in [-0.39, 0.29) is 24.1 Å². The summed E-state index contributed by atoms with van der Waals surface area (Å²) in [6, 6.07) is 11.9. The summed E-state index contributed by atoms with van der Waals surface area (Å²) in [5.74, 6) is -0.154. The number of rotatable bonds is 10. The predicted octanol–water partition coefficient (Wildman–Crippen LogP) is 6.07. The predicted molar refractivity (Wildman–Crippen MR) is 127 cm³/mol. The van der Waals surface area contributed by atoms with Crippen LogP contribution in [0.2, 0.25) is 15.1 Å².